The van der Waals surface area contributed by atoms with Crippen molar-refractivity contribution in [2.45, 2.75) is 6.54 Å². The lowest BCUT2D eigenvalue weighted by Crippen LogP contribution is -2.23. The van der Waals surface area contributed by atoms with Crippen molar-refractivity contribution in [1.82, 2.24) is 14.9 Å². The third-order valence-corrected chi connectivity index (χ3v) is 3.30. The van der Waals surface area contributed by atoms with E-state index in [4.69, 9.17) is 11.6 Å². The van der Waals surface area contributed by atoms with E-state index in [-0.39, 0.29) is 5.91 Å². The number of aromatic nitrogens is 2. The molecule has 0 saturated heterocycles. The molecule has 0 bridgehead atoms. The summed E-state index contributed by atoms with van der Waals surface area (Å²) >= 11 is 5.98. The molecule has 2 aromatic heterocycles. The second-order valence-electron chi connectivity index (χ2n) is 4.37. The lowest BCUT2D eigenvalue weighted by molar-refractivity contribution is 0.0950. The van der Waals surface area contributed by atoms with Crippen molar-refractivity contribution >= 4 is 23.0 Å². The number of nitrogens with zero attached hydrogens (tertiary/aromatic N) is 2. The van der Waals surface area contributed by atoms with Crippen molar-refractivity contribution in [1.29, 1.82) is 0 Å². The number of hydrogen-bond acceptors (Lipinski definition) is 2. The molecule has 3 aromatic rings. The minimum atomic E-state index is -0.201. The van der Waals surface area contributed by atoms with E-state index in [1.807, 2.05) is 30.5 Å². The molecular weight excluding hydrogens is 274 g/mol. The molecule has 1 amide bonds. The summed E-state index contributed by atoms with van der Waals surface area (Å²) in [5, 5.41) is 7.63. The minimum absolute atomic E-state index is 0.201. The van der Waals surface area contributed by atoms with E-state index in [0.717, 1.165) is 11.2 Å². The zero-order valence-electron chi connectivity index (χ0n) is 10.6. The van der Waals surface area contributed by atoms with Crippen molar-refractivity contribution in [3.63, 3.8) is 0 Å². The van der Waals surface area contributed by atoms with Crippen LogP contribution in [0, 0.1) is 0 Å². The number of pyridine rings is 1. The predicted molar refractivity (Wildman–Crippen MR) is 77.8 cm³/mol. The van der Waals surface area contributed by atoms with Crippen LogP contribution in [0.5, 0.6) is 0 Å². The Balaban J connectivity index is 1.73. The Kier molecular flexibility index (Phi) is 3.39. The summed E-state index contributed by atoms with van der Waals surface area (Å²) in [4.78, 5) is 12.0. The molecular formula is C15H12ClN3O. The second-order valence-corrected chi connectivity index (χ2v) is 4.78. The van der Waals surface area contributed by atoms with E-state index >= 15 is 0 Å². The summed E-state index contributed by atoms with van der Waals surface area (Å²) < 4.78 is 1.77. The molecule has 0 unspecified atom stereocenters. The smallest absolute Gasteiger partial charge is 0.253 e. The molecule has 0 fully saturated rings. The minimum Gasteiger partial charge on any atom is -0.346 e. The highest BCUT2D eigenvalue weighted by atomic mass is 35.5. The summed E-state index contributed by atoms with van der Waals surface area (Å²) in [7, 11) is 0. The van der Waals surface area contributed by atoms with Gasteiger partial charge >= 0.3 is 0 Å². The average Bonchev–Trinajstić information content (AvgIpc) is 2.88. The van der Waals surface area contributed by atoms with Crippen LogP contribution in [-0.4, -0.2) is 15.5 Å². The molecule has 0 spiro atoms. The van der Waals surface area contributed by atoms with E-state index in [0.29, 0.717) is 17.1 Å². The number of halogens is 1. The second kappa shape index (κ2) is 5.35. The van der Waals surface area contributed by atoms with Gasteiger partial charge < -0.3 is 5.32 Å². The van der Waals surface area contributed by atoms with E-state index in [9.17, 15) is 4.79 Å². The van der Waals surface area contributed by atoms with Crippen LogP contribution in [0.2, 0.25) is 5.02 Å². The third-order valence-electron chi connectivity index (χ3n) is 2.97. The van der Waals surface area contributed by atoms with Crippen LogP contribution in [0.1, 0.15) is 16.1 Å². The van der Waals surface area contributed by atoms with Crippen LogP contribution in [-0.2, 0) is 6.54 Å². The quantitative estimate of drug-likeness (QED) is 0.804. The van der Waals surface area contributed by atoms with Crippen molar-refractivity contribution in [2.75, 3.05) is 0 Å². The van der Waals surface area contributed by atoms with Gasteiger partial charge in [-0.3, -0.25) is 4.79 Å². The zero-order chi connectivity index (χ0) is 13.9. The Morgan fingerprint density at radius 2 is 2.00 bits per heavy atom. The molecule has 0 aliphatic carbocycles. The van der Waals surface area contributed by atoms with Gasteiger partial charge in [-0.05, 0) is 30.3 Å². The number of amides is 1. The van der Waals surface area contributed by atoms with Crippen LogP contribution >= 0.6 is 11.6 Å². The summed E-state index contributed by atoms with van der Waals surface area (Å²) in [5.41, 5.74) is 2.27. The standard InChI is InChI=1S/C15H12ClN3O/c16-14-7-2-1-6-13(14)15(20)17-10-11-9-12-5-3-4-8-19(12)18-11/h1-9H,10H2,(H,17,20). The summed E-state index contributed by atoms with van der Waals surface area (Å²) in [5.74, 6) is -0.201. The molecule has 0 aliphatic heterocycles. The number of carbonyl (C=O) groups excluding carboxylic acids is 1. The van der Waals surface area contributed by atoms with Crippen LogP contribution in [0.3, 0.4) is 0 Å². The zero-order valence-corrected chi connectivity index (χ0v) is 11.3. The summed E-state index contributed by atoms with van der Waals surface area (Å²) in [6.45, 7) is 0.367. The van der Waals surface area contributed by atoms with Crippen LogP contribution in [0.25, 0.3) is 5.52 Å². The highest BCUT2D eigenvalue weighted by Crippen LogP contribution is 2.14. The van der Waals surface area contributed by atoms with Crippen molar-refractivity contribution in [3.05, 3.63) is 71.0 Å². The number of hydrogen-bond donors (Lipinski definition) is 1. The Morgan fingerprint density at radius 3 is 2.80 bits per heavy atom. The fourth-order valence-corrected chi connectivity index (χ4v) is 2.21. The maximum Gasteiger partial charge on any atom is 0.253 e. The van der Waals surface area contributed by atoms with E-state index in [1.165, 1.54) is 0 Å². The molecule has 20 heavy (non-hydrogen) atoms. The molecule has 0 aliphatic rings. The van der Waals surface area contributed by atoms with Crippen LogP contribution < -0.4 is 5.32 Å². The highest BCUT2D eigenvalue weighted by Gasteiger charge is 2.09. The predicted octanol–water partition coefficient (Wildman–Crippen LogP) is 2.92. The third kappa shape index (κ3) is 2.51. The lowest BCUT2D eigenvalue weighted by atomic mass is 10.2. The molecule has 5 heteroatoms. The number of nitrogens with one attached hydrogen (secondary N) is 1. The first-order valence-electron chi connectivity index (χ1n) is 6.20. The monoisotopic (exact) mass is 285 g/mol. The van der Waals surface area contributed by atoms with Gasteiger partial charge in [-0.1, -0.05) is 29.8 Å². The number of rotatable bonds is 3. The largest absolute Gasteiger partial charge is 0.346 e. The van der Waals surface area contributed by atoms with Gasteiger partial charge in [0.25, 0.3) is 5.91 Å². The van der Waals surface area contributed by atoms with Crippen LogP contribution in [0.4, 0.5) is 0 Å². The van der Waals surface area contributed by atoms with Crippen molar-refractivity contribution in [2.24, 2.45) is 0 Å². The molecule has 1 aromatic carbocycles. The van der Waals surface area contributed by atoms with Gasteiger partial charge in [0.1, 0.15) is 0 Å². The van der Waals surface area contributed by atoms with Gasteiger partial charge in [-0.25, -0.2) is 4.52 Å². The lowest BCUT2D eigenvalue weighted by Gasteiger charge is -2.04. The van der Waals surface area contributed by atoms with E-state index in [2.05, 4.69) is 10.4 Å². The topological polar surface area (TPSA) is 46.4 Å². The van der Waals surface area contributed by atoms with Gasteiger partial charge in [0.2, 0.25) is 0 Å². The summed E-state index contributed by atoms with van der Waals surface area (Å²) in [6, 6.07) is 14.7. The van der Waals surface area contributed by atoms with Crippen molar-refractivity contribution < 1.29 is 4.79 Å². The maximum absolute atomic E-state index is 12.0. The Morgan fingerprint density at radius 1 is 1.20 bits per heavy atom. The van der Waals surface area contributed by atoms with E-state index < -0.39 is 0 Å². The van der Waals surface area contributed by atoms with Gasteiger partial charge in [-0.15, -0.1) is 0 Å². The van der Waals surface area contributed by atoms with Gasteiger partial charge in [0, 0.05) is 6.20 Å². The molecule has 0 saturated carbocycles. The molecule has 1 N–H and O–H groups in total. The highest BCUT2D eigenvalue weighted by molar-refractivity contribution is 6.33. The number of fused-ring (bicyclic) bond motifs is 1. The Labute approximate surface area is 121 Å². The molecule has 0 atom stereocenters. The Hall–Kier alpha value is -2.33. The van der Waals surface area contributed by atoms with E-state index in [1.54, 1.807) is 28.8 Å². The number of carbonyl (C=O) groups is 1. The SMILES string of the molecule is O=C(NCc1cc2ccccn2n1)c1ccccc1Cl. The molecule has 100 valence electrons. The van der Waals surface area contributed by atoms with Gasteiger partial charge in [0.05, 0.1) is 28.3 Å². The number of benzene rings is 1. The van der Waals surface area contributed by atoms with Crippen molar-refractivity contribution in [3.8, 4) is 0 Å². The molecule has 0 radical (unpaired) electrons. The first-order valence-corrected chi connectivity index (χ1v) is 6.58. The van der Waals surface area contributed by atoms with Gasteiger partial charge in [-0.2, -0.15) is 5.10 Å². The average molecular weight is 286 g/mol. The first kappa shape index (κ1) is 12.7. The fourth-order valence-electron chi connectivity index (χ4n) is 1.99. The normalized spacial score (nSPS) is 10.7. The summed E-state index contributed by atoms with van der Waals surface area (Å²) in [6.07, 6.45) is 1.87. The fraction of sp³-hybridized carbons (Fsp3) is 0.0667. The molecule has 3 rings (SSSR count). The first-order chi connectivity index (χ1) is 9.74. The molecule has 2 heterocycles. The molecule has 4 nitrogen and oxygen atoms in total. The van der Waals surface area contributed by atoms with Crippen LogP contribution in [0.15, 0.2) is 54.7 Å². The van der Waals surface area contributed by atoms with Gasteiger partial charge in [0.15, 0.2) is 0 Å². The maximum atomic E-state index is 12.0. The Bertz CT molecular complexity index is 733.